The van der Waals surface area contributed by atoms with Crippen molar-refractivity contribution in [3.63, 3.8) is 0 Å². The number of nitrogens with one attached hydrogen (secondary N) is 1. The first-order chi connectivity index (χ1) is 8.08. The van der Waals surface area contributed by atoms with Gasteiger partial charge in [0.05, 0.1) is 17.6 Å². The summed E-state index contributed by atoms with van der Waals surface area (Å²) in [6.45, 7) is 3.76. The highest BCUT2D eigenvalue weighted by molar-refractivity contribution is 6.04. The first kappa shape index (κ1) is 11.3. The summed E-state index contributed by atoms with van der Waals surface area (Å²) >= 11 is 0. The summed E-state index contributed by atoms with van der Waals surface area (Å²) in [7, 11) is 0. The van der Waals surface area contributed by atoms with Gasteiger partial charge in [-0.3, -0.25) is 4.79 Å². The lowest BCUT2D eigenvalue weighted by molar-refractivity contribution is 0.0996. The highest BCUT2D eigenvalue weighted by atomic mass is 16.3. The van der Waals surface area contributed by atoms with E-state index in [0.29, 0.717) is 17.1 Å². The van der Waals surface area contributed by atoms with Crippen LogP contribution in [0, 0.1) is 13.8 Å². The Morgan fingerprint density at radius 3 is 2.65 bits per heavy atom. The van der Waals surface area contributed by atoms with Crippen molar-refractivity contribution in [2.24, 2.45) is 0 Å². The number of hydrogen-bond acceptors (Lipinski definition) is 3. The fourth-order valence-electron chi connectivity index (χ4n) is 1.58. The zero-order chi connectivity index (χ0) is 12.4. The van der Waals surface area contributed by atoms with Crippen LogP contribution in [-0.4, -0.2) is 5.91 Å². The Morgan fingerprint density at radius 1 is 1.29 bits per heavy atom. The molecule has 88 valence electrons. The fraction of sp³-hybridized carbons (Fsp3) is 0.154. The van der Waals surface area contributed by atoms with Gasteiger partial charge in [0.1, 0.15) is 0 Å². The minimum absolute atomic E-state index is 0.289. The molecule has 0 spiro atoms. The van der Waals surface area contributed by atoms with Gasteiger partial charge in [0.15, 0.2) is 5.76 Å². The zero-order valence-corrected chi connectivity index (χ0v) is 9.78. The molecule has 0 bridgehead atoms. The summed E-state index contributed by atoms with van der Waals surface area (Å²) in [6.07, 6.45) is 1.49. The molecule has 17 heavy (non-hydrogen) atoms. The van der Waals surface area contributed by atoms with Crippen LogP contribution in [0.25, 0.3) is 0 Å². The van der Waals surface area contributed by atoms with E-state index in [1.54, 1.807) is 12.1 Å². The molecule has 0 fully saturated rings. The van der Waals surface area contributed by atoms with Gasteiger partial charge in [-0.1, -0.05) is 6.07 Å². The van der Waals surface area contributed by atoms with Crippen LogP contribution in [0.1, 0.15) is 21.7 Å². The van der Waals surface area contributed by atoms with Gasteiger partial charge < -0.3 is 15.5 Å². The number of nitrogen functional groups attached to an aromatic ring is 1. The van der Waals surface area contributed by atoms with Gasteiger partial charge in [0.25, 0.3) is 5.91 Å². The average molecular weight is 230 g/mol. The number of amides is 1. The molecule has 1 aromatic heterocycles. The lowest BCUT2D eigenvalue weighted by atomic mass is 10.2. The van der Waals surface area contributed by atoms with Crippen molar-refractivity contribution in [2.75, 3.05) is 11.1 Å². The second-order valence-electron chi connectivity index (χ2n) is 3.98. The van der Waals surface area contributed by atoms with E-state index in [2.05, 4.69) is 5.32 Å². The molecular weight excluding hydrogens is 216 g/mol. The summed E-state index contributed by atoms with van der Waals surface area (Å²) in [5.41, 5.74) is 8.80. The Morgan fingerprint density at radius 2 is 2.06 bits per heavy atom. The molecular formula is C13H14N2O2. The van der Waals surface area contributed by atoms with Gasteiger partial charge in [0, 0.05) is 5.56 Å². The van der Waals surface area contributed by atoms with E-state index in [4.69, 9.17) is 10.2 Å². The van der Waals surface area contributed by atoms with E-state index in [1.165, 1.54) is 6.26 Å². The van der Waals surface area contributed by atoms with Crippen LogP contribution in [0.2, 0.25) is 0 Å². The number of benzene rings is 1. The van der Waals surface area contributed by atoms with E-state index >= 15 is 0 Å². The molecule has 2 aromatic rings. The minimum Gasteiger partial charge on any atom is -0.459 e. The maximum absolute atomic E-state index is 11.9. The molecule has 0 saturated carbocycles. The molecule has 1 amide bonds. The third kappa shape index (κ3) is 2.30. The summed E-state index contributed by atoms with van der Waals surface area (Å²) in [4.78, 5) is 11.9. The van der Waals surface area contributed by atoms with Gasteiger partial charge in [-0.15, -0.1) is 0 Å². The highest BCUT2D eigenvalue weighted by Gasteiger charge is 2.13. The van der Waals surface area contributed by atoms with Crippen molar-refractivity contribution in [1.29, 1.82) is 0 Å². The second kappa shape index (κ2) is 4.33. The van der Waals surface area contributed by atoms with Crippen molar-refractivity contribution in [1.82, 2.24) is 0 Å². The molecule has 0 atom stereocenters. The molecule has 0 unspecified atom stereocenters. The molecule has 1 heterocycles. The summed E-state index contributed by atoms with van der Waals surface area (Å²) in [5, 5.41) is 2.72. The van der Waals surface area contributed by atoms with E-state index in [9.17, 15) is 4.79 Å². The quantitative estimate of drug-likeness (QED) is 0.779. The largest absolute Gasteiger partial charge is 0.459 e. The topological polar surface area (TPSA) is 68.3 Å². The van der Waals surface area contributed by atoms with Crippen LogP contribution in [0.5, 0.6) is 0 Å². The van der Waals surface area contributed by atoms with Crippen molar-refractivity contribution in [3.8, 4) is 0 Å². The predicted octanol–water partition coefficient (Wildman–Crippen LogP) is 2.73. The van der Waals surface area contributed by atoms with Crippen molar-refractivity contribution >= 4 is 17.3 Å². The van der Waals surface area contributed by atoms with Gasteiger partial charge in [0.2, 0.25) is 0 Å². The zero-order valence-electron chi connectivity index (χ0n) is 9.78. The molecule has 0 radical (unpaired) electrons. The lowest BCUT2D eigenvalue weighted by Crippen LogP contribution is -2.13. The van der Waals surface area contributed by atoms with Crippen LogP contribution in [0.4, 0.5) is 11.4 Å². The van der Waals surface area contributed by atoms with Crippen LogP contribution < -0.4 is 11.1 Å². The molecule has 4 nitrogen and oxygen atoms in total. The Kier molecular flexibility index (Phi) is 2.87. The van der Waals surface area contributed by atoms with E-state index in [0.717, 1.165) is 11.1 Å². The summed E-state index contributed by atoms with van der Waals surface area (Å²) < 4.78 is 5.11. The van der Waals surface area contributed by atoms with Gasteiger partial charge in [-0.2, -0.15) is 0 Å². The first-order valence-corrected chi connectivity index (χ1v) is 5.29. The van der Waals surface area contributed by atoms with Gasteiger partial charge >= 0.3 is 0 Å². The van der Waals surface area contributed by atoms with Crippen LogP contribution in [0.15, 0.2) is 34.9 Å². The van der Waals surface area contributed by atoms with Crippen molar-refractivity contribution in [2.45, 2.75) is 13.8 Å². The number of aryl methyl sites for hydroxylation is 2. The van der Waals surface area contributed by atoms with Crippen LogP contribution >= 0.6 is 0 Å². The third-order valence-electron chi connectivity index (χ3n) is 2.52. The fourth-order valence-corrected chi connectivity index (χ4v) is 1.58. The Bertz CT molecular complexity index is 558. The number of rotatable bonds is 2. The molecule has 2 rings (SSSR count). The molecule has 0 aliphatic carbocycles. The molecule has 4 heteroatoms. The molecule has 0 aliphatic heterocycles. The normalized spacial score (nSPS) is 10.2. The Labute approximate surface area is 99.4 Å². The predicted molar refractivity (Wildman–Crippen MR) is 67.0 cm³/mol. The molecule has 3 N–H and O–H groups in total. The maximum atomic E-state index is 11.9. The van der Waals surface area contributed by atoms with Crippen molar-refractivity contribution < 1.29 is 9.21 Å². The van der Waals surface area contributed by atoms with E-state index in [1.807, 2.05) is 26.0 Å². The maximum Gasteiger partial charge on any atom is 0.291 e. The summed E-state index contributed by atoms with van der Waals surface area (Å²) in [5.74, 6) is 0.0213. The Hall–Kier alpha value is -2.23. The molecule has 0 aliphatic rings. The van der Waals surface area contributed by atoms with Crippen LogP contribution in [-0.2, 0) is 0 Å². The SMILES string of the molecule is Cc1ccc(NC(=O)c2occc2C)c(N)c1. The number of furan rings is 1. The lowest BCUT2D eigenvalue weighted by Gasteiger charge is -2.07. The number of carbonyl (C=O) groups is 1. The monoisotopic (exact) mass is 230 g/mol. The van der Waals surface area contributed by atoms with Gasteiger partial charge in [-0.05, 0) is 37.6 Å². The minimum atomic E-state index is -0.289. The van der Waals surface area contributed by atoms with Crippen molar-refractivity contribution in [3.05, 3.63) is 47.4 Å². The first-order valence-electron chi connectivity index (χ1n) is 5.29. The number of anilines is 2. The number of hydrogen-bond donors (Lipinski definition) is 2. The number of carbonyl (C=O) groups excluding carboxylic acids is 1. The van der Waals surface area contributed by atoms with E-state index < -0.39 is 0 Å². The summed E-state index contributed by atoms with van der Waals surface area (Å²) in [6, 6.07) is 7.22. The standard InChI is InChI=1S/C13H14N2O2/c1-8-3-4-11(10(14)7-8)15-13(16)12-9(2)5-6-17-12/h3-7H,14H2,1-2H3,(H,15,16). The highest BCUT2D eigenvalue weighted by Crippen LogP contribution is 2.21. The molecule has 0 saturated heterocycles. The average Bonchev–Trinajstić information content (AvgIpc) is 2.68. The Balaban J connectivity index is 2.22. The van der Waals surface area contributed by atoms with Gasteiger partial charge in [-0.25, -0.2) is 0 Å². The third-order valence-corrected chi connectivity index (χ3v) is 2.52. The molecule has 1 aromatic carbocycles. The number of nitrogens with two attached hydrogens (primary N) is 1. The smallest absolute Gasteiger partial charge is 0.291 e. The van der Waals surface area contributed by atoms with Crippen LogP contribution in [0.3, 0.4) is 0 Å². The second-order valence-corrected chi connectivity index (χ2v) is 3.98. The van der Waals surface area contributed by atoms with E-state index in [-0.39, 0.29) is 5.91 Å².